The molecule has 0 amide bonds. The van der Waals surface area contributed by atoms with Crippen LogP contribution in [-0.4, -0.2) is 26.4 Å². The van der Waals surface area contributed by atoms with E-state index in [-0.39, 0.29) is 71.5 Å². The van der Waals surface area contributed by atoms with E-state index in [0.29, 0.717) is 71.0 Å². The van der Waals surface area contributed by atoms with E-state index in [9.17, 15) is 0 Å². The molecule has 3 saturated heterocycles. The van der Waals surface area contributed by atoms with E-state index in [0.717, 1.165) is 73.4 Å². The maximum atomic E-state index is 5.04. The summed E-state index contributed by atoms with van der Waals surface area (Å²) in [6, 6.07) is 38.6. The summed E-state index contributed by atoms with van der Waals surface area (Å²) in [7, 11) is 30.0. The Morgan fingerprint density at radius 3 is 0.748 bits per heavy atom. The second kappa shape index (κ2) is 59.8. The van der Waals surface area contributed by atoms with E-state index in [1.807, 2.05) is 13.2 Å². The van der Waals surface area contributed by atoms with Crippen LogP contribution in [0.3, 0.4) is 0 Å². The molecular formula is C84H125Cl7N9Na2O3Zr2-. The normalized spacial score (nSPS) is 13.2. The molecular weight excluding hydrogens is 1660 g/mol. The van der Waals surface area contributed by atoms with E-state index in [1.165, 1.54) is 92.4 Å². The van der Waals surface area contributed by atoms with Crippen LogP contribution in [0.2, 0.25) is 0 Å². The Morgan fingerprint density at radius 1 is 0.355 bits per heavy atom. The van der Waals surface area contributed by atoms with Crippen molar-refractivity contribution in [1.82, 2.24) is 0 Å². The van der Waals surface area contributed by atoms with E-state index in [4.69, 9.17) is 65.3 Å². The van der Waals surface area contributed by atoms with Crippen LogP contribution in [-0.2, 0) is 50.6 Å². The summed E-state index contributed by atoms with van der Waals surface area (Å²) in [6.07, 6.45) is 7.31. The minimum Gasteiger partial charge on any atom is 1.00 e. The van der Waals surface area contributed by atoms with E-state index >= 15 is 0 Å². The Kier molecular flexibility index (Phi) is 60.5. The molecule has 0 bridgehead atoms. The zero-order valence-corrected chi connectivity index (χ0v) is 83.7. The van der Waals surface area contributed by atoms with Gasteiger partial charge in [-0.25, -0.2) is 13.2 Å². The van der Waals surface area contributed by atoms with Crippen molar-refractivity contribution in [1.29, 1.82) is 0 Å². The van der Waals surface area contributed by atoms with Gasteiger partial charge in [-0.1, -0.05) is 293 Å². The zero-order chi connectivity index (χ0) is 78.2. The first kappa shape index (κ1) is 108. The number of para-hydroxylation sites is 1. The van der Waals surface area contributed by atoms with E-state index in [1.54, 1.807) is 0 Å². The maximum absolute atomic E-state index is 5.04. The summed E-state index contributed by atoms with van der Waals surface area (Å²) in [5.41, 5.74) is 34.7. The van der Waals surface area contributed by atoms with Gasteiger partial charge < -0.3 is 47.7 Å². The molecule has 0 atom stereocenters. The molecule has 0 unspecified atom stereocenters. The largest absolute Gasteiger partial charge is 1.00 e. The Labute approximate surface area is 736 Å². The van der Waals surface area contributed by atoms with Crippen molar-refractivity contribution >= 4 is 85.2 Å². The second-order valence-corrected chi connectivity index (χ2v) is 55.8. The predicted molar refractivity (Wildman–Crippen MR) is 443 cm³/mol. The van der Waals surface area contributed by atoms with Crippen LogP contribution < -0.4 is 76.6 Å². The molecule has 12 nitrogen and oxygen atoms in total. The Balaban J connectivity index is 0. The van der Waals surface area contributed by atoms with Crippen LogP contribution in [0.1, 0.15) is 342 Å². The third-order valence-electron chi connectivity index (χ3n) is 17.2. The van der Waals surface area contributed by atoms with E-state index < -0.39 is 36.3 Å². The van der Waals surface area contributed by atoms with Crippen LogP contribution >= 0.6 is 51.1 Å². The number of hydrogen-bond donors (Lipinski definition) is 1. The van der Waals surface area contributed by atoms with Gasteiger partial charge in [-0.15, -0.1) is 5.43 Å². The Hall–Kier alpha value is -0.804. The number of ether oxygens (including phenoxy) is 3. The summed E-state index contributed by atoms with van der Waals surface area (Å²) in [5.74, 6) is 4.83. The van der Waals surface area contributed by atoms with Gasteiger partial charge in [0, 0.05) is 26.4 Å². The molecule has 107 heavy (non-hydrogen) atoms. The molecule has 584 valence electrons. The molecule has 0 radical (unpaired) electrons. The van der Waals surface area contributed by atoms with E-state index in [2.05, 4.69) is 323 Å². The predicted octanol–water partition coefficient (Wildman–Crippen LogP) is 22.6. The number of halogens is 7. The minimum absolute atomic E-state index is 0. The first-order valence-corrected chi connectivity index (χ1v) is 56.4. The maximum Gasteiger partial charge on any atom is 1.00 e. The molecule has 3 aliphatic rings. The molecule has 6 aromatic rings. The van der Waals surface area contributed by atoms with Crippen LogP contribution in [0, 0.1) is 13.2 Å². The molecule has 0 spiro atoms. The van der Waals surface area contributed by atoms with Crippen LogP contribution in [0.5, 0.6) is 0 Å². The molecule has 23 heteroatoms. The quantitative estimate of drug-likeness (QED) is 0.0331. The first-order valence-electron chi connectivity index (χ1n) is 37.5. The molecule has 0 aliphatic carbocycles. The number of rotatable bonds is 21. The van der Waals surface area contributed by atoms with Crippen LogP contribution in [0.4, 0.5) is 34.1 Å². The second-order valence-electron chi connectivity index (χ2n) is 29.7. The van der Waals surface area contributed by atoms with Gasteiger partial charge in [-0.05, 0) is 173 Å². The van der Waals surface area contributed by atoms with Crippen molar-refractivity contribution < 1.29 is 127 Å². The third-order valence-corrected chi connectivity index (χ3v) is 17.2. The number of benzene rings is 6. The molecule has 3 heterocycles. The summed E-state index contributed by atoms with van der Waals surface area (Å²) < 4.78 is 14.6. The fourth-order valence-corrected chi connectivity index (χ4v) is 11.5. The van der Waals surface area contributed by atoms with Crippen molar-refractivity contribution in [2.45, 2.75) is 276 Å². The Bertz CT molecular complexity index is 2940. The van der Waals surface area contributed by atoms with Crippen molar-refractivity contribution in [2.24, 2.45) is 25.9 Å². The smallest absolute Gasteiger partial charge is 1.00 e. The van der Waals surface area contributed by atoms with Gasteiger partial charge in [0.15, 0.2) is 0 Å². The molecule has 3 fully saturated rings. The third kappa shape index (κ3) is 41.6. The fourth-order valence-electron chi connectivity index (χ4n) is 11.5. The van der Waals surface area contributed by atoms with Crippen molar-refractivity contribution in [3.63, 3.8) is 0 Å². The molecule has 0 aromatic heterocycles. The number of hydrogen-bond acceptors (Lipinski definition) is 8. The van der Waals surface area contributed by atoms with Gasteiger partial charge in [0.2, 0.25) is 0 Å². The zero-order valence-electron chi connectivity index (χ0n) is 69.5. The SMILES string of the molecule is C1CCOC1.CC(C)c1cccc(C(C)C)c1N=N[N-]c1c(C(C)C)cccc1C(C)C.CC(C)c1cccc(C(C)C)c1N=N[N-]c1c(C(C)C)cccc1C(C)C.CC(C)c1cccc(C(C)C)c1[N-]N=[NH+]c1c(C(C)C)cccc1C(C)C.[CH-]1CCCO1.[CH-]1CCCO1.[Cl-].[Cl][Zr+2][Cl].[Cl][Zr]([Cl])([Cl])[Cl].[Na+].[Na+]. The first-order chi connectivity index (χ1) is 49.1. The molecule has 9 rings (SSSR count). The van der Waals surface area contributed by atoms with Crippen molar-refractivity contribution in [3.05, 3.63) is 205 Å². The topological polar surface area (TPSA) is 146 Å². The van der Waals surface area contributed by atoms with Gasteiger partial charge >= 0.3 is 147 Å². The van der Waals surface area contributed by atoms with Gasteiger partial charge in [0.05, 0.1) is 11.4 Å². The van der Waals surface area contributed by atoms with Crippen LogP contribution in [0.15, 0.2) is 135 Å². The Morgan fingerprint density at radius 2 is 0.570 bits per heavy atom. The van der Waals surface area contributed by atoms with Crippen LogP contribution in [0.25, 0.3) is 16.3 Å². The summed E-state index contributed by atoms with van der Waals surface area (Å²) in [6.45, 7) is 60.4. The molecule has 0 saturated carbocycles. The van der Waals surface area contributed by atoms with Gasteiger partial charge in [-0.2, -0.15) is 12.8 Å². The summed E-state index contributed by atoms with van der Waals surface area (Å²) >= 11 is -4.12. The summed E-state index contributed by atoms with van der Waals surface area (Å²) in [4.78, 5) is 0. The number of nitrogens with one attached hydrogen (secondary N) is 1. The standard InChI is InChI=1S/3C24H34N3.C4H8O.2C4H7O.7ClH.2Na.2Zr/c3*1-15(2)19-11-9-12-20(16(3)4)23(19)25-27-26-24-21(17(5)6)13-10-14-22(24)18(7)8;3*1-2-4-5-3-1;;;;;;;;;;;/h3*9-18H,1-8H3;1-4H2;2*3H,1-2,4H2;7*1H;;;;/q3*-1;;2*-1;;;;;;;;2*+1;2*+4/p-6. The molecule has 3 aliphatic heterocycles. The van der Waals surface area contributed by atoms with Crippen molar-refractivity contribution in [3.8, 4) is 0 Å². The minimum atomic E-state index is -3.29. The van der Waals surface area contributed by atoms with Gasteiger partial charge in [-0.3, -0.25) is 15.6 Å². The van der Waals surface area contributed by atoms with Gasteiger partial charge in [0.1, 0.15) is 0 Å². The molecule has 1 N–H and O–H groups in total. The van der Waals surface area contributed by atoms with Gasteiger partial charge in [0.25, 0.3) is 0 Å². The monoisotopic (exact) mass is 1780 g/mol. The average Bonchev–Trinajstić information content (AvgIpc) is 1.46. The fraction of sp³-hybridized carbons (Fsp3) is 0.548. The average molecular weight is 1790 g/mol. The summed E-state index contributed by atoms with van der Waals surface area (Å²) in [5, 5.41) is 25.6. The number of nitrogens with zero attached hydrogens (tertiary/aromatic N) is 8. The molecule has 6 aromatic carbocycles. The van der Waals surface area contributed by atoms with Crippen molar-refractivity contribution in [2.75, 3.05) is 26.4 Å².